The number of carboxylic acid groups (broad SMARTS) is 1. The number of hydrogen-bond acceptors (Lipinski definition) is 15. The number of aliphatic carboxylic acids is 1. The number of alkyl carbamates (subject to hydrolysis) is 1. The molecule has 0 aliphatic heterocycles. The number of carboxylic acids is 1. The second kappa shape index (κ2) is 51.6. The number of H-pyrrole nitrogens is 1. The second-order valence-corrected chi connectivity index (χ2v) is 22.9. The van der Waals surface area contributed by atoms with Crippen molar-refractivity contribution in [3.63, 3.8) is 0 Å². The molecule has 86 heavy (non-hydrogen) atoms. The zero-order valence-corrected chi connectivity index (χ0v) is 53.0. The van der Waals surface area contributed by atoms with Gasteiger partial charge >= 0.3 is 12.1 Å². The Kier molecular flexibility index (Phi) is 44.9. The summed E-state index contributed by atoms with van der Waals surface area (Å²) in [6, 6.07) is 5.07. The van der Waals surface area contributed by atoms with Crippen molar-refractivity contribution in [3.8, 4) is 0 Å². The van der Waals surface area contributed by atoms with E-state index in [2.05, 4.69) is 55.1 Å². The minimum atomic E-state index is -1.28. The number of rotatable bonds is 58. The summed E-state index contributed by atoms with van der Waals surface area (Å²) in [4.78, 5) is 76.9. The third kappa shape index (κ3) is 39.4. The van der Waals surface area contributed by atoms with Gasteiger partial charge in [0.05, 0.1) is 44.9 Å². The molecule has 20 nitrogen and oxygen atoms in total. The molecule has 8 N–H and O–H groups in total. The minimum absolute atomic E-state index is 0.0548. The molecule has 2 heterocycles. The van der Waals surface area contributed by atoms with Crippen molar-refractivity contribution in [2.24, 2.45) is 0 Å². The number of nitrogens with one attached hydrogen (secondary N) is 5. The highest BCUT2D eigenvalue weighted by atomic mass is 16.6. The SMILES string of the molecule is CCCCCCCCCCCCCCCCCCOC[C@H](COC(=O)NCCOCCOCCCNC(=O)CC[C@@H](NC(=O)c1ccc(NCc2cnc3nc(N)[nH]c(=O)c3n2)cc1)C(=O)O)OCCCCCCCCCCCCCCCCCC. The first-order valence-electron chi connectivity index (χ1n) is 33.5. The number of amides is 3. The zero-order valence-electron chi connectivity index (χ0n) is 53.0. The third-order valence-electron chi connectivity index (χ3n) is 15.2. The third-order valence-corrected chi connectivity index (χ3v) is 15.2. The lowest BCUT2D eigenvalue weighted by Crippen LogP contribution is -2.41. The van der Waals surface area contributed by atoms with Gasteiger partial charge in [0.15, 0.2) is 11.2 Å². The number of unbranched alkanes of at least 4 members (excludes halogenated alkanes) is 30. The lowest BCUT2D eigenvalue weighted by atomic mass is 10.0. The van der Waals surface area contributed by atoms with Crippen LogP contribution in [-0.2, 0) is 39.8 Å². The van der Waals surface area contributed by atoms with Gasteiger partial charge in [0.25, 0.3) is 11.5 Å². The Hall–Kier alpha value is -5.44. The van der Waals surface area contributed by atoms with E-state index in [4.69, 9.17) is 29.4 Å². The summed E-state index contributed by atoms with van der Waals surface area (Å²) >= 11 is 0. The van der Waals surface area contributed by atoms with Crippen LogP contribution in [0.2, 0.25) is 0 Å². The van der Waals surface area contributed by atoms with Gasteiger partial charge in [-0.2, -0.15) is 4.98 Å². The van der Waals surface area contributed by atoms with Crippen LogP contribution in [0.5, 0.6) is 0 Å². The lowest BCUT2D eigenvalue weighted by molar-refractivity contribution is -0.139. The molecule has 488 valence electrons. The molecule has 0 saturated heterocycles. The van der Waals surface area contributed by atoms with Crippen molar-refractivity contribution in [2.45, 2.75) is 257 Å². The average Bonchev–Trinajstić information content (AvgIpc) is 2.19. The van der Waals surface area contributed by atoms with Gasteiger partial charge in [-0.1, -0.05) is 206 Å². The normalized spacial score (nSPS) is 12.1. The predicted molar refractivity (Wildman–Crippen MR) is 343 cm³/mol. The number of fused-ring (bicyclic) bond motifs is 1. The molecular formula is C66H113N9O11. The topological polar surface area (TPSA) is 280 Å². The maximum absolute atomic E-state index is 12.9. The number of ether oxygens (including phenoxy) is 5. The molecule has 0 radical (unpaired) electrons. The molecule has 2 atom stereocenters. The van der Waals surface area contributed by atoms with Crippen LogP contribution in [0.3, 0.4) is 0 Å². The van der Waals surface area contributed by atoms with E-state index in [-0.39, 0.29) is 73.8 Å². The van der Waals surface area contributed by atoms with Gasteiger partial charge in [-0.05, 0) is 49.9 Å². The fourth-order valence-corrected chi connectivity index (χ4v) is 10.0. The van der Waals surface area contributed by atoms with Crippen molar-refractivity contribution in [1.29, 1.82) is 0 Å². The molecule has 0 aliphatic rings. The van der Waals surface area contributed by atoms with Gasteiger partial charge in [0.1, 0.15) is 18.8 Å². The number of nitrogens with two attached hydrogens (primary N) is 1. The standard InChI is InChI=1S/C66H113N9O11/c1-3-5-7-9-11-13-15-17-19-21-23-25-27-29-31-33-44-84-52-57(85-46-34-32-30-28-26-24-22-20-18-16-14-12-10-8-6-4-2)53-86-66(81)69-43-47-83-49-48-82-45-35-42-68-59(76)41-40-58(64(79)80)73-62(77)54-36-38-55(39-37-54)70-50-56-51-71-61-60(72-56)63(78)75-65(67)74-61/h36-39,51,57-58,70H,3-35,40-50,52-53H2,1-2H3,(H,68,76)(H,69,81)(H,73,77)(H,79,80)(H3,67,71,74,75,78)/t57-,58-/m1/s1. The van der Waals surface area contributed by atoms with E-state index in [0.717, 1.165) is 25.7 Å². The highest BCUT2D eigenvalue weighted by Crippen LogP contribution is 2.17. The molecule has 3 rings (SSSR count). The highest BCUT2D eigenvalue weighted by Gasteiger charge is 2.22. The Morgan fingerprint density at radius 1 is 0.581 bits per heavy atom. The minimum Gasteiger partial charge on any atom is -0.480 e. The van der Waals surface area contributed by atoms with E-state index in [1.807, 2.05) is 0 Å². The molecule has 3 aromatic rings. The van der Waals surface area contributed by atoms with Crippen LogP contribution >= 0.6 is 0 Å². The summed E-state index contributed by atoms with van der Waals surface area (Å²) in [6.07, 6.45) is 43.3. The van der Waals surface area contributed by atoms with E-state index in [1.165, 1.54) is 198 Å². The van der Waals surface area contributed by atoms with E-state index in [0.29, 0.717) is 64.0 Å². The van der Waals surface area contributed by atoms with Crippen LogP contribution < -0.4 is 32.6 Å². The summed E-state index contributed by atoms with van der Waals surface area (Å²) < 4.78 is 29.0. The van der Waals surface area contributed by atoms with Crippen LogP contribution in [0.4, 0.5) is 16.4 Å². The number of benzene rings is 1. The quantitative estimate of drug-likeness (QED) is 0.0259. The van der Waals surface area contributed by atoms with E-state index < -0.39 is 29.6 Å². The summed E-state index contributed by atoms with van der Waals surface area (Å²) in [7, 11) is 0. The molecule has 1 aromatic carbocycles. The summed E-state index contributed by atoms with van der Waals surface area (Å²) in [6.45, 7) is 8.47. The molecule has 2 aromatic heterocycles. The first-order valence-corrected chi connectivity index (χ1v) is 33.5. The van der Waals surface area contributed by atoms with Gasteiger partial charge < -0.3 is 55.8 Å². The number of carbonyl (C=O) groups excluding carboxylic acids is 3. The van der Waals surface area contributed by atoms with Crippen LogP contribution in [-0.4, -0.2) is 127 Å². The predicted octanol–water partition coefficient (Wildman–Crippen LogP) is 13.1. The lowest BCUT2D eigenvalue weighted by Gasteiger charge is -2.18. The number of carbonyl (C=O) groups is 4. The summed E-state index contributed by atoms with van der Waals surface area (Å²) in [5.41, 5.74) is 6.59. The molecule has 0 saturated carbocycles. The Balaban J connectivity index is 1.20. The zero-order chi connectivity index (χ0) is 61.8. The Bertz CT molecular complexity index is 2260. The number of nitrogen functional groups attached to an aromatic ring is 1. The number of nitrogens with zero attached hydrogens (tertiary/aromatic N) is 3. The number of anilines is 2. The van der Waals surface area contributed by atoms with Crippen molar-refractivity contribution in [1.82, 2.24) is 35.9 Å². The van der Waals surface area contributed by atoms with Crippen LogP contribution in [0.1, 0.15) is 255 Å². The summed E-state index contributed by atoms with van der Waals surface area (Å²) in [5, 5.41) is 20.9. The van der Waals surface area contributed by atoms with Crippen molar-refractivity contribution in [3.05, 3.63) is 52.1 Å². The average molecular weight is 1210 g/mol. The van der Waals surface area contributed by atoms with Crippen molar-refractivity contribution in [2.75, 3.05) is 77.0 Å². The molecule has 0 fully saturated rings. The van der Waals surface area contributed by atoms with Gasteiger partial charge in [-0.15, -0.1) is 0 Å². The van der Waals surface area contributed by atoms with Gasteiger partial charge in [0.2, 0.25) is 11.9 Å². The molecule has 0 bridgehead atoms. The van der Waals surface area contributed by atoms with E-state index in [1.54, 1.807) is 12.1 Å². The van der Waals surface area contributed by atoms with Crippen LogP contribution in [0.15, 0.2) is 35.3 Å². The molecule has 0 spiro atoms. The van der Waals surface area contributed by atoms with E-state index >= 15 is 0 Å². The van der Waals surface area contributed by atoms with Crippen molar-refractivity contribution < 1.29 is 48.0 Å². The molecule has 0 unspecified atom stereocenters. The Morgan fingerprint density at radius 3 is 1.64 bits per heavy atom. The largest absolute Gasteiger partial charge is 0.480 e. The number of aromatic amines is 1. The van der Waals surface area contributed by atoms with E-state index in [9.17, 15) is 29.1 Å². The highest BCUT2D eigenvalue weighted by molar-refractivity contribution is 5.97. The van der Waals surface area contributed by atoms with Gasteiger partial charge in [-0.3, -0.25) is 19.4 Å². The maximum atomic E-state index is 12.9. The fraction of sp³-hybridized carbons (Fsp3) is 0.758. The molecular weight excluding hydrogens is 1090 g/mol. The second-order valence-electron chi connectivity index (χ2n) is 22.9. The first-order chi connectivity index (χ1) is 42.1. The first kappa shape index (κ1) is 74.8. The smallest absolute Gasteiger partial charge is 0.407 e. The number of aromatic nitrogens is 4. The Morgan fingerprint density at radius 2 is 1.09 bits per heavy atom. The molecule has 0 aliphatic carbocycles. The number of hydrogen-bond donors (Lipinski definition) is 7. The van der Waals surface area contributed by atoms with Gasteiger partial charge in [-0.25, -0.2) is 19.6 Å². The van der Waals surface area contributed by atoms with Gasteiger partial charge in [0, 0.05) is 50.6 Å². The monoisotopic (exact) mass is 1210 g/mol. The van der Waals surface area contributed by atoms with Crippen molar-refractivity contribution >= 4 is 46.7 Å². The van der Waals surface area contributed by atoms with Crippen LogP contribution in [0.25, 0.3) is 11.2 Å². The van der Waals surface area contributed by atoms with Crippen LogP contribution in [0, 0.1) is 0 Å². The Labute approximate surface area is 514 Å². The molecule has 3 amide bonds. The fourth-order valence-electron chi connectivity index (χ4n) is 10.0. The maximum Gasteiger partial charge on any atom is 0.407 e. The molecule has 20 heteroatoms. The summed E-state index contributed by atoms with van der Waals surface area (Å²) in [5.74, 6) is -2.27.